The van der Waals surface area contributed by atoms with Crippen LogP contribution in [0.3, 0.4) is 0 Å². The molecule has 2 aromatic rings. The van der Waals surface area contributed by atoms with Gasteiger partial charge in [-0.25, -0.2) is 9.13 Å². The van der Waals surface area contributed by atoms with Crippen LogP contribution in [0.25, 0.3) is 0 Å². The Morgan fingerprint density at radius 2 is 1.88 bits per heavy atom. The van der Waals surface area contributed by atoms with Crippen LogP contribution in [0.1, 0.15) is 24.2 Å². The quantitative estimate of drug-likeness (QED) is 0.583. The zero-order chi connectivity index (χ0) is 12.5. The zero-order valence-electron chi connectivity index (χ0n) is 10.4. The normalized spacial score (nSPS) is 11.5. The van der Waals surface area contributed by atoms with E-state index in [2.05, 4.69) is 0 Å². The van der Waals surface area contributed by atoms with E-state index in [1.165, 1.54) is 0 Å². The van der Waals surface area contributed by atoms with Crippen LogP contribution in [0.2, 0.25) is 0 Å². The van der Waals surface area contributed by atoms with Crippen LogP contribution in [0.5, 0.6) is 0 Å². The van der Waals surface area contributed by atoms with Gasteiger partial charge >= 0.3 is 0 Å². The van der Waals surface area contributed by atoms with Crippen LogP contribution >= 0.6 is 0 Å². The van der Waals surface area contributed by atoms with E-state index < -0.39 is 5.54 Å². The van der Waals surface area contributed by atoms with E-state index in [-0.39, 0.29) is 5.78 Å². The monoisotopic (exact) mass is 229 g/mol. The van der Waals surface area contributed by atoms with Crippen molar-refractivity contribution in [2.75, 3.05) is 0 Å². The molecule has 3 nitrogen and oxygen atoms in total. The number of Topliss-reactive ketones (excluding diaryl/α,β-unsaturated/α-hetero) is 1. The van der Waals surface area contributed by atoms with Gasteiger partial charge in [-0.15, -0.1) is 0 Å². The molecule has 1 heterocycles. The van der Waals surface area contributed by atoms with Crippen molar-refractivity contribution in [3.05, 3.63) is 54.6 Å². The topological polar surface area (TPSA) is 25.9 Å². The number of carbonyl (C=O) groups excluding carboxylic acids is 1. The minimum absolute atomic E-state index is 0.120. The smallest absolute Gasteiger partial charge is 0.244 e. The number of ketones is 1. The standard InChI is InChI=1S/C14H17N2O/c1-14(2,16-10-9-15(3)11-16)13(17)12-7-5-4-6-8-12/h4-11H,1-3H3/q+1. The molecule has 0 radical (unpaired) electrons. The van der Waals surface area contributed by atoms with Gasteiger partial charge in [0.25, 0.3) is 0 Å². The lowest BCUT2D eigenvalue weighted by molar-refractivity contribution is -0.671. The van der Waals surface area contributed by atoms with Crippen LogP contribution in [0.4, 0.5) is 0 Å². The Bertz CT molecular complexity index is 526. The first kappa shape index (κ1) is 11.6. The summed E-state index contributed by atoms with van der Waals surface area (Å²) in [4.78, 5) is 12.4. The zero-order valence-corrected chi connectivity index (χ0v) is 10.4. The van der Waals surface area contributed by atoms with E-state index >= 15 is 0 Å². The molecule has 0 saturated carbocycles. The average molecular weight is 229 g/mol. The molecule has 17 heavy (non-hydrogen) atoms. The molecule has 1 aromatic carbocycles. The Kier molecular flexibility index (Phi) is 2.84. The van der Waals surface area contributed by atoms with E-state index in [9.17, 15) is 4.79 Å². The molecule has 2 rings (SSSR count). The maximum atomic E-state index is 12.4. The van der Waals surface area contributed by atoms with Crippen LogP contribution in [-0.4, -0.2) is 10.4 Å². The summed E-state index contributed by atoms with van der Waals surface area (Å²) in [5, 5.41) is 0. The number of carbonyl (C=O) groups is 1. The van der Waals surface area contributed by atoms with Gasteiger partial charge in [-0.1, -0.05) is 30.3 Å². The van der Waals surface area contributed by atoms with Gasteiger partial charge in [0.15, 0.2) is 5.54 Å². The van der Waals surface area contributed by atoms with Crippen molar-refractivity contribution >= 4 is 5.78 Å². The van der Waals surface area contributed by atoms with Gasteiger partial charge < -0.3 is 0 Å². The van der Waals surface area contributed by atoms with Gasteiger partial charge in [0.2, 0.25) is 12.1 Å². The van der Waals surface area contributed by atoms with Crippen molar-refractivity contribution in [2.24, 2.45) is 7.05 Å². The Morgan fingerprint density at radius 1 is 1.24 bits per heavy atom. The molecule has 0 N–H and O–H groups in total. The summed E-state index contributed by atoms with van der Waals surface area (Å²) < 4.78 is 3.86. The van der Waals surface area contributed by atoms with Gasteiger partial charge in [-0.3, -0.25) is 4.79 Å². The summed E-state index contributed by atoms with van der Waals surface area (Å²) in [5.74, 6) is 0.120. The van der Waals surface area contributed by atoms with Crippen LogP contribution in [0.15, 0.2) is 49.1 Å². The van der Waals surface area contributed by atoms with Crippen molar-refractivity contribution in [1.29, 1.82) is 0 Å². The molecular weight excluding hydrogens is 212 g/mol. The van der Waals surface area contributed by atoms with Crippen LogP contribution in [-0.2, 0) is 12.6 Å². The SMILES string of the molecule is C[n+]1ccn(C(C)(C)C(=O)c2ccccc2)c1. The highest BCUT2D eigenvalue weighted by molar-refractivity contribution is 6.01. The molecule has 0 aliphatic carbocycles. The predicted molar refractivity (Wildman–Crippen MR) is 65.7 cm³/mol. The van der Waals surface area contributed by atoms with Crippen LogP contribution in [0, 0.1) is 0 Å². The summed E-state index contributed by atoms with van der Waals surface area (Å²) in [6.45, 7) is 3.87. The van der Waals surface area contributed by atoms with E-state index in [0.717, 1.165) is 5.56 Å². The maximum absolute atomic E-state index is 12.4. The molecule has 0 spiro atoms. The molecule has 88 valence electrons. The molecule has 0 aliphatic heterocycles. The molecule has 0 aliphatic rings. The summed E-state index contributed by atoms with van der Waals surface area (Å²) in [7, 11) is 1.94. The van der Waals surface area contributed by atoms with Gasteiger partial charge in [0, 0.05) is 5.56 Å². The third kappa shape index (κ3) is 2.13. The number of aryl methyl sites for hydroxylation is 1. The molecule has 0 unspecified atom stereocenters. The number of nitrogens with zero attached hydrogens (tertiary/aromatic N) is 2. The Balaban J connectivity index is 2.36. The van der Waals surface area contributed by atoms with Crippen molar-refractivity contribution < 1.29 is 9.36 Å². The van der Waals surface area contributed by atoms with Crippen molar-refractivity contribution in [3.63, 3.8) is 0 Å². The Hall–Kier alpha value is -1.90. The van der Waals surface area contributed by atoms with Gasteiger partial charge in [0.1, 0.15) is 12.4 Å². The lowest BCUT2D eigenvalue weighted by Crippen LogP contribution is -2.36. The first-order valence-electron chi connectivity index (χ1n) is 5.65. The number of rotatable bonds is 3. The van der Waals surface area contributed by atoms with Crippen LogP contribution < -0.4 is 4.57 Å². The Morgan fingerprint density at radius 3 is 2.41 bits per heavy atom. The van der Waals surface area contributed by atoms with Gasteiger partial charge in [-0.2, -0.15) is 0 Å². The third-order valence-electron chi connectivity index (χ3n) is 3.01. The number of benzene rings is 1. The fourth-order valence-corrected chi connectivity index (χ4v) is 1.84. The second-order valence-corrected chi connectivity index (χ2v) is 4.74. The Labute approximate surface area is 101 Å². The minimum atomic E-state index is -0.567. The molecule has 1 aromatic heterocycles. The summed E-state index contributed by atoms with van der Waals surface area (Å²) in [5.41, 5.74) is 0.177. The summed E-state index contributed by atoms with van der Waals surface area (Å²) in [6, 6.07) is 9.40. The highest BCUT2D eigenvalue weighted by Crippen LogP contribution is 2.20. The average Bonchev–Trinajstić information content (AvgIpc) is 2.77. The summed E-state index contributed by atoms with van der Waals surface area (Å²) >= 11 is 0. The minimum Gasteiger partial charge on any atom is -0.289 e. The predicted octanol–water partition coefficient (Wildman–Crippen LogP) is 1.93. The molecule has 0 atom stereocenters. The lowest BCUT2D eigenvalue weighted by atomic mass is 9.93. The number of imidazole rings is 1. The lowest BCUT2D eigenvalue weighted by Gasteiger charge is -2.19. The highest BCUT2D eigenvalue weighted by Gasteiger charge is 2.34. The molecule has 3 heteroatoms. The van der Waals surface area contributed by atoms with Crippen molar-refractivity contribution in [2.45, 2.75) is 19.4 Å². The number of hydrogen-bond donors (Lipinski definition) is 0. The molecule has 0 fully saturated rings. The maximum Gasteiger partial charge on any atom is 0.244 e. The summed E-state index contributed by atoms with van der Waals surface area (Å²) in [6.07, 6.45) is 5.77. The van der Waals surface area contributed by atoms with E-state index in [1.54, 1.807) is 0 Å². The molecule has 0 bridgehead atoms. The third-order valence-corrected chi connectivity index (χ3v) is 3.01. The highest BCUT2D eigenvalue weighted by atomic mass is 16.1. The van der Waals surface area contributed by atoms with Crippen molar-refractivity contribution in [1.82, 2.24) is 4.57 Å². The van der Waals surface area contributed by atoms with Crippen molar-refractivity contribution in [3.8, 4) is 0 Å². The first-order valence-corrected chi connectivity index (χ1v) is 5.65. The van der Waals surface area contributed by atoms with Gasteiger partial charge in [0.05, 0.1) is 7.05 Å². The fraction of sp³-hybridized carbons (Fsp3) is 0.286. The largest absolute Gasteiger partial charge is 0.289 e. The number of aromatic nitrogens is 2. The second kappa shape index (κ2) is 4.17. The number of hydrogen-bond acceptors (Lipinski definition) is 1. The van der Waals surface area contributed by atoms with Gasteiger partial charge in [-0.05, 0) is 13.8 Å². The molecule has 0 amide bonds. The first-order chi connectivity index (χ1) is 8.01. The fourth-order valence-electron chi connectivity index (χ4n) is 1.84. The molecular formula is C14H17N2O+. The van der Waals surface area contributed by atoms with E-state index in [1.807, 2.05) is 79.1 Å². The molecule has 0 saturated heterocycles. The second-order valence-electron chi connectivity index (χ2n) is 4.74. The van der Waals surface area contributed by atoms with E-state index in [4.69, 9.17) is 0 Å². The van der Waals surface area contributed by atoms with E-state index in [0.29, 0.717) is 0 Å².